The summed E-state index contributed by atoms with van der Waals surface area (Å²) in [6, 6.07) is 16.6. The van der Waals surface area contributed by atoms with E-state index in [0.717, 1.165) is 5.56 Å². The van der Waals surface area contributed by atoms with Crippen LogP contribution in [0, 0.1) is 0 Å². The van der Waals surface area contributed by atoms with Gasteiger partial charge in [-0.3, -0.25) is 14.5 Å². The van der Waals surface area contributed by atoms with Crippen LogP contribution in [0.5, 0.6) is 23.0 Å². The summed E-state index contributed by atoms with van der Waals surface area (Å²) in [6.07, 6.45) is 0. The Balaban J connectivity index is 2.01. The van der Waals surface area contributed by atoms with Crippen LogP contribution in [0.1, 0.15) is 42.5 Å². The molecule has 0 aliphatic carbocycles. The zero-order chi connectivity index (χ0) is 27.6. The van der Waals surface area contributed by atoms with Gasteiger partial charge in [-0.1, -0.05) is 38.1 Å². The monoisotopic (exact) mass is 517 g/mol. The summed E-state index contributed by atoms with van der Waals surface area (Å²) in [5.41, 5.74) is 2.23. The molecule has 3 aromatic rings. The Morgan fingerprint density at radius 2 is 1.37 bits per heavy atom. The number of carbonyl (C=O) groups is 2. The standard InChI is InChI=1S/C30H31NO7/c1-17(2)18-10-13-20(14-11-18)31-27(19-12-15-21(35-3)24(16-19)38-6)26(29(33)30(31)34)28(32)25-22(36-4)8-7-9-23(25)37-5/h7-17,27,32H,1-6H3/b28-26+. The minimum Gasteiger partial charge on any atom is -0.506 e. The molecule has 1 aliphatic heterocycles. The Labute approximate surface area is 222 Å². The third-order valence-electron chi connectivity index (χ3n) is 6.67. The fourth-order valence-electron chi connectivity index (χ4n) is 4.68. The van der Waals surface area contributed by atoms with E-state index in [2.05, 4.69) is 13.8 Å². The van der Waals surface area contributed by atoms with Gasteiger partial charge in [0.2, 0.25) is 0 Å². The van der Waals surface area contributed by atoms with Gasteiger partial charge in [0.15, 0.2) is 11.5 Å². The van der Waals surface area contributed by atoms with Crippen molar-refractivity contribution >= 4 is 23.1 Å². The van der Waals surface area contributed by atoms with Gasteiger partial charge < -0.3 is 24.1 Å². The van der Waals surface area contributed by atoms with Gasteiger partial charge in [0.05, 0.1) is 40.1 Å². The smallest absolute Gasteiger partial charge is 0.300 e. The largest absolute Gasteiger partial charge is 0.506 e. The minimum atomic E-state index is -0.964. The molecule has 0 spiro atoms. The number of anilines is 1. The summed E-state index contributed by atoms with van der Waals surface area (Å²) in [4.78, 5) is 28.5. The topological polar surface area (TPSA) is 94.5 Å². The van der Waals surface area contributed by atoms with Crippen molar-refractivity contribution in [3.8, 4) is 23.0 Å². The van der Waals surface area contributed by atoms with Gasteiger partial charge in [-0.05, 0) is 53.4 Å². The number of nitrogens with zero attached hydrogens (tertiary/aromatic N) is 1. The van der Waals surface area contributed by atoms with E-state index in [9.17, 15) is 14.7 Å². The van der Waals surface area contributed by atoms with E-state index < -0.39 is 23.5 Å². The van der Waals surface area contributed by atoms with E-state index in [0.29, 0.717) is 40.2 Å². The summed E-state index contributed by atoms with van der Waals surface area (Å²) in [5.74, 6) is -0.221. The molecule has 38 heavy (non-hydrogen) atoms. The molecule has 1 aliphatic rings. The first-order valence-electron chi connectivity index (χ1n) is 12.1. The molecule has 1 unspecified atom stereocenters. The quantitative estimate of drug-likeness (QED) is 0.241. The van der Waals surface area contributed by atoms with Crippen LogP contribution < -0.4 is 23.8 Å². The zero-order valence-corrected chi connectivity index (χ0v) is 22.3. The van der Waals surface area contributed by atoms with Gasteiger partial charge in [-0.15, -0.1) is 0 Å². The first-order chi connectivity index (χ1) is 18.3. The maximum Gasteiger partial charge on any atom is 0.300 e. The van der Waals surface area contributed by atoms with Gasteiger partial charge >= 0.3 is 0 Å². The Morgan fingerprint density at radius 1 is 0.789 bits per heavy atom. The second-order valence-electron chi connectivity index (χ2n) is 9.07. The summed E-state index contributed by atoms with van der Waals surface area (Å²) in [7, 11) is 5.93. The van der Waals surface area contributed by atoms with Gasteiger partial charge in [0.25, 0.3) is 11.7 Å². The number of aliphatic hydroxyl groups excluding tert-OH is 1. The SMILES string of the molecule is COc1ccc(C2/C(=C(\O)c3c(OC)cccc3OC)C(=O)C(=O)N2c2ccc(C(C)C)cc2)cc1OC. The highest BCUT2D eigenvalue weighted by Gasteiger charge is 2.47. The van der Waals surface area contributed by atoms with E-state index >= 15 is 0 Å². The lowest BCUT2D eigenvalue weighted by Crippen LogP contribution is -2.29. The second-order valence-corrected chi connectivity index (χ2v) is 9.07. The predicted molar refractivity (Wildman–Crippen MR) is 144 cm³/mol. The van der Waals surface area contributed by atoms with Crippen molar-refractivity contribution in [3.63, 3.8) is 0 Å². The van der Waals surface area contributed by atoms with Crippen molar-refractivity contribution in [1.82, 2.24) is 0 Å². The highest BCUT2D eigenvalue weighted by atomic mass is 16.5. The highest BCUT2D eigenvalue weighted by Crippen LogP contribution is 2.46. The van der Waals surface area contributed by atoms with Crippen LogP contribution in [0.3, 0.4) is 0 Å². The number of hydrogen-bond donors (Lipinski definition) is 1. The van der Waals surface area contributed by atoms with E-state index in [1.807, 2.05) is 12.1 Å². The molecule has 0 radical (unpaired) electrons. The van der Waals surface area contributed by atoms with Crippen LogP contribution in [-0.2, 0) is 9.59 Å². The van der Waals surface area contributed by atoms with Crippen molar-refractivity contribution in [1.29, 1.82) is 0 Å². The molecule has 1 amide bonds. The molecule has 1 saturated heterocycles. The fraction of sp³-hybridized carbons (Fsp3) is 0.267. The van der Waals surface area contributed by atoms with Gasteiger partial charge in [0, 0.05) is 5.69 Å². The summed E-state index contributed by atoms with van der Waals surface area (Å²) >= 11 is 0. The molecule has 8 heteroatoms. The van der Waals surface area contributed by atoms with E-state index in [-0.39, 0.29) is 11.1 Å². The lowest BCUT2D eigenvalue weighted by atomic mass is 9.94. The van der Waals surface area contributed by atoms with Crippen molar-refractivity contribution in [2.24, 2.45) is 0 Å². The van der Waals surface area contributed by atoms with E-state index in [4.69, 9.17) is 18.9 Å². The molecule has 0 bridgehead atoms. The number of carbonyl (C=O) groups excluding carboxylic acids is 2. The third-order valence-corrected chi connectivity index (χ3v) is 6.67. The number of ether oxygens (including phenoxy) is 4. The van der Waals surface area contributed by atoms with Crippen LogP contribution in [-0.4, -0.2) is 45.2 Å². The average molecular weight is 518 g/mol. The molecule has 198 valence electrons. The van der Waals surface area contributed by atoms with Gasteiger partial charge in [-0.25, -0.2) is 0 Å². The Kier molecular flexibility index (Phi) is 7.62. The average Bonchev–Trinajstić information content (AvgIpc) is 3.21. The number of Topliss-reactive ketones (excluding diaryl/α,β-unsaturated/α-hetero) is 1. The molecule has 1 atom stereocenters. The van der Waals surface area contributed by atoms with Crippen molar-refractivity contribution in [2.45, 2.75) is 25.8 Å². The summed E-state index contributed by atoms with van der Waals surface area (Å²) in [6.45, 7) is 4.15. The Bertz CT molecular complexity index is 1370. The Morgan fingerprint density at radius 3 is 1.89 bits per heavy atom. The fourth-order valence-corrected chi connectivity index (χ4v) is 4.68. The van der Waals surface area contributed by atoms with Crippen LogP contribution in [0.2, 0.25) is 0 Å². The normalized spacial score (nSPS) is 16.6. The van der Waals surface area contributed by atoms with Gasteiger partial charge in [-0.2, -0.15) is 0 Å². The molecular formula is C30H31NO7. The molecule has 0 saturated carbocycles. The number of ketones is 1. The number of aliphatic hydroxyl groups is 1. The first-order valence-corrected chi connectivity index (χ1v) is 12.1. The number of methoxy groups -OCH3 is 4. The molecule has 8 nitrogen and oxygen atoms in total. The van der Waals surface area contributed by atoms with Gasteiger partial charge in [0.1, 0.15) is 22.8 Å². The number of hydrogen-bond acceptors (Lipinski definition) is 7. The van der Waals surface area contributed by atoms with Crippen molar-refractivity contribution in [2.75, 3.05) is 33.3 Å². The Hall–Kier alpha value is -4.46. The molecule has 1 N–H and O–H groups in total. The van der Waals surface area contributed by atoms with Crippen LogP contribution in [0.15, 0.2) is 66.2 Å². The molecule has 3 aromatic carbocycles. The molecule has 1 fully saturated rings. The molecule has 0 aromatic heterocycles. The third kappa shape index (κ3) is 4.53. The molecular weight excluding hydrogens is 486 g/mol. The lowest BCUT2D eigenvalue weighted by molar-refractivity contribution is -0.132. The maximum atomic E-state index is 13.6. The van der Waals surface area contributed by atoms with Crippen molar-refractivity contribution in [3.05, 3.63) is 82.9 Å². The maximum absolute atomic E-state index is 13.6. The number of benzene rings is 3. The molecule has 1 heterocycles. The lowest BCUT2D eigenvalue weighted by Gasteiger charge is -2.26. The van der Waals surface area contributed by atoms with E-state index in [1.165, 1.54) is 33.3 Å². The van der Waals surface area contributed by atoms with Crippen LogP contribution >= 0.6 is 0 Å². The number of amides is 1. The summed E-state index contributed by atoms with van der Waals surface area (Å²) < 4.78 is 21.8. The second kappa shape index (κ2) is 10.9. The van der Waals surface area contributed by atoms with E-state index in [1.54, 1.807) is 48.5 Å². The molecule has 4 rings (SSSR count). The van der Waals surface area contributed by atoms with Crippen molar-refractivity contribution < 1.29 is 33.6 Å². The van der Waals surface area contributed by atoms with Crippen LogP contribution in [0.4, 0.5) is 5.69 Å². The zero-order valence-electron chi connectivity index (χ0n) is 22.3. The summed E-state index contributed by atoms with van der Waals surface area (Å²) in [5, 5.41) is 11.6. The minimum absolute atomic E-state index is 0.0991. The van der Waals surface area contributed by atoms with Crippen LogP contribution in [0.25, 0.3) is 5.76 Å². The number of rotatable bonds is 8. The predicted octanol–water partition coefficient (Wildman–Crippen LogP) is 5.47. The highest BCUT2D eigenvalue weighted by molar-refractivity contribution is 6.51. The first kappa shape index (κ1) is 26.6.